The number of nitro groups is 1. The molecular weight excluding hydrogens is 396 g/mol. The second-order valence-corrected chi connectivity index (χ2v) is 8.74. The fraction of sp³-hybridized carbons (Fsp3) is 0.609. The minimum atomic E-state index is -0.357. The number of carbonyl (C=O) groups is 1. The van der Waals surface area contributed by atoms with Gasteiger partial charge in [0.2, 0.25) is 5.91 Å². The molecule has 2 aliphatic rings. The van der Waals surface area contributed by atoms with Gasteiger partial charge in [0, 0.05) is 61.8 Å². The Balaban J connectivity index is 1.48. The number of morpholine rings is 1. The molecule has 2 fully saturated rings. The molecule has 8 nitrogen and oxygen atoms in total. The first kappa shape index (κ1) is 21.8. The van der Waals surface area contributed by atoms with Gasteiger partial charge < -0.3 is 15.0 Å². The van der Waals surface area contributed by atoms with E-state index in [0.29, 0.717) is 18.9 Å². The zero-order valence-corrected chi connectivity index (χ0v) is 18.0. The molecule has 168 valence electrons. The first-order valence-corrected chi connectivity index (χ1v) is 11.4. The maximum atomic E-state index is 12.9. The lowest BCUT2D eigenvalue weighted by Gasteiger charge is -2.30. The smallest absolute Gasteiger partial charge is 0.270 e. The number of nitrogens with one attached hydrogen (secondary N) is 2. The molecular formula is C23H32N4O4. The van der Waals surface area contributed by atoms with Gasteiger partial charge >= 0.3 is 0 Å². The van der Waals surface area contributed by atoms with E-state index in [-0.39, 0.29) is 22.4 Å². The first-order valence-electron chi connectivity index (χ1n) is 11.4. The van der Waals surface area contributed by atoms with Gasteiger partial charge in [-0.3, -0.25) is 19.8 Å². The van der Waals surface area contributed by atoms with Gasteiger partial charge in [-0.1, -0.05) is 19.3 Å². The number of carbonyl (C=O) groups excluding carboxylic acids is 1. The molecule has 1 saturated carbocycles. The average Bonchev–Trinajstić information content (AvgIpc) is 3.22. The SMILES string of the molecule is O=C(C[C@@H](c1c[nH]c2ccc([N+](=O)[O-])cc12)C1CCCCC1)NCCN1CCOCC1. The molecule has 1 amide bonds. The summed E-state index contributed by atoms with van der Waals surface area (Å²) in [5, 5.41) is 15.3. The molecule has 0 unspecified atom stereocenters. The van der Waals surface area contributed by atoms with Gasteiger partial charge in [-0.15, -0.1) is 0 Å². The van der Waals surface area contributed by atoms with Crippen LogP contribution in [0.5, 0.6) is 0 Å². The van der Waals surface area contributed by atoms with Crippen molar-refractivity contribution in [3.8, 4) is 0 Å². The monoisotopic (exact) mass is 428 g/mol. The number of non-ortho nitro benzene ring substituents is 1. The van der Waals surface area contributed by atoms with Crippen LogP contribution in [0.15, 0.2) is 24.4 Å². The Bertz CT molecular complexity index is 900. The van der Waals surface area contributed by atoms with E-state index in [1.165, 1.54) is 25.3 Å². The van der Waals surface area contributed by atoms with Crippen LogP contribution in [-0.4, -0.2) is 60.1 Å². The third-order valence-electron chi connectivity index (χ3n) is 6.79. The molecule has 1 saturated heterocycles. The number of nitro benzene ring substituents is 1. The van der Waals surface area contributed by atoms with Gasteiger partial charge in [0.15, 0.2) is 0 Å². The lowest BCUT2D eigenvalue weighted by molar-refractivity contribution is -0.384. The molecule has 2 N–H and O–H groups in total. The van der Waals surface area contributed by atoms with E-state index >= 15 is 0 Å². The fourth-order valence-electron chi connectivity index (χ4n) is 5.07. The second-order valence-electron chi connectivity index (χ2n) is 8.74. The molecule has 1 aromatic carbocycles. The predicted octanol–water partition coefficient (Wildman–Crippen LogP) is 3.58. The Morgan fingerprint density at radius 3 is 2.77 bits per heavy atom. The number of fused-ring (bicyclic) bond motifs is 1. The molecule has 2 aromatic rings. The Morgan fingerprint density at radius 1 is 1.26 bits per heavy atom. The summed E-state index contributed by atoms with van der Waals surface area (Å²) in [5.41, 5.74) is 2.01. The van der Waals surface area contributed by atoms with Crippen molar-refractivity contribution in [1.82, 2.24) is 15.2 Å². The standard InChI is InChI=1S/C23H32N4O4/c28-23(24-8-9-26-10-12-31-13-11-26)15-19(17-4-2-1-3-5-17)21-16-25-22-7-6-18(27(29)30)14-20(21)22/h6-7,14,16-17,19,25H,1-5,8-13,15H2,(H,24,28)/t19-/m1/s1. The first-order chi connectivity index (χ1) is 15.1. The van der Waals surface area contributed by atoms with Crippen LogP contribution in [0.2, 0.25) is 0 Å². The van der Waals surface area contributed by atoms with Gasteiger partial charge in [0.05, 0.1) is 18.1 Å². The third-order valence-corrected chi connectivity index (χ3v) is 6.79. The molecule has 0 bridgehead atoms. The Kier molecular flexibility index (Phi) is 7.19. The van der Waals surface area contributed by atoms with Crippen LogP contribution < -0.4 is 5.32 Å². The molecule has 31 heavy (non-hydrogen) atoms. The highest BCUT2D eigenvalue weighted by Crippen LogP contribution is 2.41. The van der Waals surface area contributed by atoms with Gasteiger partial charge in [0.25, 0.3) is 5.69 Å². The lowest BCUT2D eigenvalue weighted by Crippen LogP contribution is -2.41. The van der Waals surface area contributed by atoms with E-state index in [1.807, 2.05) is 6.20 Å². The number of rotatable bonds is 8. The predicted molar refractivity (Wildman–Crippen MR) is 119 cm³/mol. The van der Waals surface area contributed by atoms with E-state index in [9.17, 15) is 14.9 Å². The number of hydrogen-bond donors (Lipinski definition) is 2. The number of hydrogen-bond acceptors (Lipinski definition) is 5. The van der Waals surface area contributed by atoms with Gasteiger partial charge in [-0.05, 0) is 36.3 Å². The van der Waals surface area contributed by atoms with Crippen molar-refractivity contribution < 1.29 is 14.5 Å². The van der Waals surface area contributed by atoms with Crippen molar-refractivity contribution in [3.63, 3.8) is 0 Å². The van der Waals surface area contributed by atoms with Crippen molar-refractivity contribution in [2.24, 2.45) is 5.92 Å². The highest BCUT2D eigenvalue weighted by Gasteiger charge is 2.29. The summed E-state index contributed by atoms with van der Waals surface area (Å²) in [7, 11) is 0. The van der Waals surface area contributed by atoms with Crippen molar-refractivity contribution in [3.05, 3.63) is 40.1 Å². The summed E-state index contributed by atoms with van der Waals surface area (Å²) in [4.78, 5) is 29.4. The van der Waals surface area contributed by atoms with Crippen LogP contribution in [0.3, 0.4) is 0 Å². The Labute approximate surface area is 182 Å². The minimum absolute atomic E-state index is 0.0589. The molecule has 1 aliphatic heterocycles. The maximum Gasteiger partial charge on any atom is 0.270 e. The van der Waals surface area contributed by atoms with Gasteiger partial charge in [-0.2, -0.15) is 0 Å². The summed E-state index contributed by atoms with van der Waals surface area (Å²) in [6.07, 6.45) is 8.19. The second kappa shape index (κ2) is 10.2. The molecule has 2 heterocycles. The van der Waals surface area contributed by atoms with E-state index in [4.69, 9.17) is 4.74 Å². The van der Waals surface area contributed by atoms with E-state index in [0.717, 1.165) is 62.2 Å². The molecule has 1 aliphatic carbocycles. The molecule has 1 atom stereocenters. The number of aromatic amines is 1. The number of amides is 1. The maximum absolute atomic E-state index is 12.9. The Morgan fingerprint density at radius 2 is 2.03 bits per heavy atom. The molecule has 0 spiro atoms. The molecule has 1 aromatic heterocycles. The average molecular weight is 429 g/mol. The number of aromatic nitrogens is 1. The summed E-state index contributed by atoms with van der Waals surface area (Å²) in [5.74, 6) is 0.556. The van der Waals surface area contributed by atoms with E-state index < -0.39 is 0 Å². The van der Waals surface area contributed by atoms with Crippen LogP contribution in [0, 0.1) is 16.0 Å². The topological polar surface area (TPSA) is 100 Å². The number of nitrogens with zero attached hydrogens (tertiary/aromatic N) is 2. The van der Waals surface area contributed by atoms with Crippen LogP contribution in [0.4, 0.5) is 5.69 Å². The van der Waals surface area contributed by atoms with Crippen molar-refractivity contribution in [2.75, 3.05) is 39.4 Å². The van der Waals surface area contributed by atoms with Crippen molar-refractivity contribution in [2.45, 2.75) is 44.4 Å². The highest BCUT2D eigenvalue weighted by molar-refractivity contribution is 5.87. The van der Waals surface area contributed by atoms with E-state index in [2.05, 4.69) is 15.2 Å². The number of benzene rings is 1. The Hall–Kier alpha value is -2.45. The molecule has 0 radical (unpaired) electrons. The van der Waals surface area contributed by atoms with Crippen molar-refractivity contribution in [1.29, 1.82) is 0 Å². The normalized spacial score (nSPS) is 19.4. The lowest BCUT2D eigenvalue weighted by atomic mass is 9.75. The third kappa shape index (κ3) is 5.43. The van der Waals surface area contributed by atoms with Crippen molar-refractivity contribution >= 4 is 22.5 Å². The fourth-order valence-corrected chi connectivity index (χ4v) is 5.07. The summed E-state index contributed by atoms with van der Waals surface area (Å²) >= 11 is 0. The zero-order chi connectivity index (χ0) is 21.6. The minimum Gasteiger partial charge on any atom is -0.379 e. The van der Waals surface area contributed by atoms with Gasteiger partial charge in [-0.25, -0.2) is 0 Å². The zero-order valence-electron chi connectivity index (χ0n) is 18.0. The summed E-state index contributed by atoms with van der Waals surface area (Å²) in [6, 6.07) is 4.93. The van der Waals surface area contributed by atoms with Crippen LogP contribution in [0.1, 0.15) is 50.0 Å². The largest absolute Gasteiger partial charge is 0.379 e. The summed E-state index contributed by atoms with van der Waals surface area (Å²) in [6.45, 7) is 4.80. The van der Waals surface area contributed by atoms with Crippen LogP contribution >= 0.6 is 0 Å². The quantitative estimate of drug-likeness (QED) is 0.494. The van der Waals surface area contributed by atoms with Crippen LogP contribution in [0.25, 0.3) is 10.9 Å². The number of H-pyrrole nitrogens is 1. The van der Waals surface area contributed by atoms with Gasteiger partial charge in [0.1, 0.15) is 0 Å². The molecule has 8 heteroatoms. The summed E-state index contributed by atoms with van der Waals surface area (Å²) < 4.78 is 5.37. The highest BCUT2D eigenvalue weighted by atomic mass is 16.6. The van der Waals surface area contributed by atoms with Crippen LogP contribution in [-0.2, 0) is 9.53 Å². The number of ether oxygens (including phenoxy) is 1. The molecule has 4 rings (SSSR count). The van der Waals surface area contributed by atoms with E-state index in [1.54, 1.807) is 12.1 Å².